The van der Waals surface area contributed by atoms with Gasteiger partial charge in [0, 0.05) is 42.5 Å². The van der Waals surface area contributed by atoms with Crippen molar-refractivity contribution in [2.75, 3.05) is 38.3 Å². The summed E-state index contributed by atoms with van der Waals surface area (Å²) in [6.45, 7) is 2.51. The van der Waals surface area contributed by atoms with Gasteiger partial charge in [0.15, 0.2) is 11.5 Å². The number of fused-ring (bicyclic) bond motifs is 1. The first-order chi connectivity index (χ1) is 17.5. The Balaban J connectivity index is 1.25. The van der Waals surface area contributed by atoms with Gasteiger partial charge in [0.2, 0.25) is 12.7 Å². The fourth-order valence-electron chi connectivity index (χ4n) is 4.98. The second kappa shape index (κ2) is 10.7. The third-order valence-electron chi connectivity index (χ3n) is 6.98. The van der Waals surface area contributed by atoms with Crippen LogP contribution in [-0.2, 0) is 4.79 Å². The molecule has 1 atom stereocenters. The van der Waals surface area contributed by atoms with E-state index in [1.54, 1.807) is 47.4 Å². The molecule has 10 heteroatoms. The molecule has 2 fully saturated rings. The maximum atomic E-state index is 13.4. The molecule has 0 bridgehead atoms. The molecule has 0 saturated carbocycles. The third kappa shape index (κ3) is 5.36. The predicted molar refractivity (Wildman–Crippen MR) is 134 cm³/mol. The summed E-state index contributed by atoms with van der Waals surface area (Å²) in [4.78, 5) is 42.9. The number of ether oxygens (including phenoxy) is 2. The number of anilines is 1. The maximum absolute atomic E-state index is 13.4. The van der Waals surface area contributed by atoms with Crippen LogP contribution in [0.5, 0.6) is 11.5 Å². The lowest BCUT2D eigenvalue weighted by atomic mass is 9.88. The predicted octanol–water partition coefficient (Wildman–Crippen LogP) is 3.73. The van der Waals surface area contributed by atoms with Crippen molar-refractivity contribution in [2.24, 2.45) is 5.92 Å². The Morgan fingerprint density at radius 3 is 2.42 bits per heavy atom. The highest BCUT2D eigenvalue weighted by molar-refractivity contribution is 6.30. The molecule has 0 aliphatic carbocycles. The van der Waals surface area contributed by atoms with E-state index in [4.69, 9.17) is 21.1 Å². The zero-order valence-corrected chi connectivity index (χ0v) is 20.6. The average molecular weight is 513 g/mol. The van der Waals surface area contributed by atoms with Crippen molar-refractivity contribution in [3.63, 3.8) is 0 Å². The Labute approximate surface area is 214 Å². The van der Waals surface area contributed by atoms with Crippen molar-refractivity contribution >= 4 is 35.1 Å². The van der Waals surface area contributed by atoms with E-state index in [9.17, 15) is 14.4 Å². The molecule has 2 N–H and O–H groups in total. The Bertz CT molecular complexity index is 1140. The van der Waals surface area contributed by atoms with Crippen LogP contribution < -0.4 is 20.1 Å². The zero-order valence-electron chi connectivity index (χ0n) is 19.9. The molecule has 3 aliphatic heterocycles. The molecular formula is C26H29ClN4O5. The van der Waals surface area contributed by atoms with Crippen LogP contribution in [0, 0.1) is 5.92 Å². The SMILES string of the molecule is O=C(N[C@H](C(=O)N1CCCC1)C1CCN(C(=O)Nc2cccc(Cl)c2)CC1)c1ccc2c(c1)OCO2. The van der Waals surface area contributed by atoms with Crippen molar-refractivity contribution in [1.82, 2.24) is 15.1 Å². The van der Waals surface area contributed by atoms with Gasteiger partial charge in [-0.15, -0.1) is 0 Å². The van der Waals surface area contributed by atoms with Crippen LogP contribution in [0.3, 0.4) is 0 Å². The molecular weight excluding hydrogens is 484 g/mol. The van der Waals surface area contributed by atoms with Gasteiger partial charge < -0.3 is 29.9 Å². The summed E-state index contributed by atoms with van der Waals surface area (Å²) >= 11 is 6.02. The standard InChI is InChI=1S/C26H29ClN4O5/c27-19-4-3-5-20(15-19)28-26(34)31-12-8-17(9-13-31)23(25(33)30-10-1-2-11-30)29-24(32)18-6-7-21-22(14-18)36-16-35-21/h3-7,14-15,17,23H,1-2,8-13,16H2,(H,28,34)(H,29,32)/t23-/m0/s1. The second-order valence-electron chi connectivity index (χ2n) is 9.32. The van der Waals surface area contributed by atoms with Crippen LogP contribution in [0.1, 0.15) is 36.0 Å². The number of carbonyl (C=O) groups excluding carboxylic acids is 3. The lowest BCUT2D eigenvalue weighted by molar-refractivity contribution is -0.134. The summed E-state index contributed by atoms with van der Waals surface area (Å²) in [5.74, 6) is 0.658. The van der Waals surface area contributed by atoms with Gasteiger partial charge >= 0.3 is 6.03 Å². The smallest absolute Gasteiger partial charge is 0.321 e. The number of nitrogens with one attached hydrogen (secondary N) is 2. The van der Waals surface area contributed by atoms with Crippen LogP contribution in [0.4, 0.5) is 10.5 Å². The van der Waals surface area contributed by atoms with E-state index < -0.39 is 6.04 Å². The van der Waals surface area contributed by atoms with E-state index in [1.807, 2.05) is 4.90 Å². The molecule has 0 aromatic heterocycles. The third-order valence-corrected chi connectivity index (χ3v) is 7.21. The van der Waals surface area contributed by atoms with E-state index in [-0.39, 0.29) is 30.6 Å². The van der Waals surface area contributed by atoms with Crippen molar-refractivity contribution in [3.05, 3.63) is 53.1 Å². The molecule has 0 unspecified atom stereocenters. The number of hydrogen-bond donors (Lipinski definition) is 2. The Morgan fingerprint density at radius 2 is 1.67 bits per heavy atom. The van der Waals surface area contributed by atoms with Crippen LogP contribution in [0.2, 0.25) is 5.02 Å². The highest BCUT2D eigenvalue weighted by Crippen LogP contribution is 2.33. The van der Waals surface area contributed by atoms with Gasteiger partial charge in [-0.1, -0.05) is 17.7 Å². The number of piperidine rings is 1. The molecule has 4 amide bonds. The molecule has 36 heavy (non-hydrogen) atoms. The largest absolute Gasteiger partial charge is 0.454 e. The molecule has 0 radical (unpaired) electrons. The number of likely N-dealkylation sites (tertiary alicyclic amines) is 2. The first-order valence-corrected chi connectivity index (χ1v) is 12.7. The van der Waals surface area contributed by atoms with Gasteiger partial charge in [0.05, 0.1) is 0 Å². The number of benzene rings is 2. The topological polar surface area (TPSA) is 100 Å². The van der Waals surface area contributed by atoms with E-state index in [2.05, 4.69) is 10.6 Å². The lowest BCUT2D eigenvalue weighted by Gasteiger charge is -2.37. The number of urea groups is 1. The number of hydrogen-bond acceptors (Lipinski definition) is 5. The van der Waals surface area contributed by atoms with Crippen LogP contribution in [0.15, 0.2) is 42.5 Å². The van der Waals surface area contributed by atoms with Crippen molar-refractivity contribution < 1.29 is 23.9 Å². The molecule has 2 saturated heterocycles. The van der Waals surface area contributed by atoms with Gasteiger partial charge in [-0.25, -0.2) is 4.79 Å². The number of rotatable bonds is 5. The molecule has 2 aromatic rings. The van der Waals surface area contributed by atoms with Gasteiger partial charge in [-0.3, -0.25) is 9.59 Å². The fraction of sp³-hybridized carbons (Fsp3) is 0.423. The summed E-state index contributed by atoms with van der Waals surface area (Å²) < 4.78 is 10.7. The highest BCUT2D eigenvalue weighted by atomic mass is 35.5. The average Bonchev–Trinajstić information content (AvgIpc) is 3.59. The van der Waals surface area contributed by atoms with Crippen LogP contribution in [-0.4, -0.2) is 66.7 Å². The second-order valence-corrected chi connectivity index (χ2v) is 9.75. The molecule has 5 rings (SSSR count). The van der Waals surface area contributed by atoms with Crippen molar-refractivity contribution in [2.45, 2.75) is 31.7 Å². The Kier molecular flexibility index (Phi) is 7.18. The molecule has 3 heterocycles. The fourth-order valence-corrected chi connectivity index (χ4v) is 5.17. The lowest BCUT2D eigenvalue weighted by Crippen LogP contribution is -2.54. The summed E-state index contributed by atoms with van der Waals surface area (Å²) in [5.41, 5.74) is 1.05. The molecule has 190 valence electrons. The quantitative estimate of drug-likeness (QED) is 0.636. The first kappa shape index (κ1) is 24.2. The zero-order chi connectivity index (χ0) is 25.1. The number of nitrogens with zero attached hydrogens (tertiary/aromatic N) is 2. The van der Waals surface area contributed by atoms with Gasteiger partial charge in [-0.2, -0.15) is 0 Å². The summed E-state index contributed by atoms with van der Waals surface area (Å²) in [6.07, 6.45) is 3.15. The van der Waals surface area contributed by atoms with Crippen molar-refractivity contribution in [1.29, 1.82) is 0 Å². The summed E-state index contributed by atoms with van der Waals surface area (Å²) in [7, 11) is 0. The minimum Gasteiger partial charge on any atom is -0.454 e. The van der Waals surface area contributed by atoms with Gasteiger partial charge in [-0.05, 0) is 68.0 Å². The highest BCUT2D eigenvalue weighted by Gasteiger charge is 2.37. The molecule has 9 nitrogen and oxygen atoms in total. The van der Waals surface area contributed by atoms with Gasteiger partial charge in [0.25, 0.3) is 5.91 Å². The number of halogens is 1. The van der Waals surface area contributed by atoms with Gasteiger partial charge in [0.1, 0.15) is 6.04 Å². The molecule has 3 aliphatic rings. The maximum Gasteiger partial charge on any atom is 0.321 e. The van der Waals surface area contributed by atoms with E-state index in [0.717, 1.165) is 12.8 Å². The van der Waals surface area contributed by atoms with Crippen LogP contribution in [0.25, 0.3) is 0 Å². The Morgan fingerprint density at radius 1 is 0.917 bits per heavy atom. The first-order valence-electron chi connectivity index (χ1n) is 12.3. The van der Waals surface area contributed by atoms with Crippen molar-refractivity contribution in [3.8, 4) is 11.5 Å². The monoisotopic (exact) mass is 512 g/mol. The van der Waals surface area contributed by atoms with E-state index in [0.29, 0.717) is 66.8 Å². The molecule has 0 spiro atoms. The minimum absolute atomic E-state index is 0.0524. The Hall–Kier alpha value is -3.46. The molecule has 2 aromatic carbocycles. The number of amides is 4. The summed E-state index contributed by atoms with van der Waals surface area (Å²) in [6, 6.07) is 11.2. The summed E-state index contributed by atoms with van der Waals surface area (Å²) in [5, 5.41) is 6.42. The number of carbonyl (C=O) groups is 3. The van der Waals surface area contributed by atoms with E-state index >= 15 is 0 Å². The minimum atomic E-state index is -0.654. The normalized spacial score (nSPS) is 18.1. The van der Waals surface area contributed by atoms with E-state index in [1.165, 1.54) is 0 Å². The van der Waals surface area contributed by atoms with Crippen LogP contribution >= 0.6 is 11.6 Å².